The number of amides is 2. The van der Waals surface area contributed by atoms with E-state index in [2.05, 4.69) is 50.0 Å². The molecule has 0 unspecified atom stereocenters. The molecule has 1 aromatic carbocycles. The van der Waals surface area contributed by atoms with E-state index >= 15 is 0 Å². The Morgan fingerprint density at radius 1 is 1.07 bits per heavy atom. The fourth-order valence-corrected chi connectivity index (χ4v) is 6.43. The second-order valence-electron chi connectivity index (χ2n) is 8.37. The molecule has 4 atom stereocenters. The summed E-state index contributed by atoms with van der Waals surface area (Å²) in [7, 11) is 0. The highest BCUT2D eigenvalue weighted by Gasteiger charge is 2.64. The summed E-state index contributed by atoms with van der Waals surface area (Å²) in [5.74, 6) is 0.0796. The highest BCUT2D eigenvalue weighted by Crippen LogP contribution is 2.60. The molecule has 0 radical (unpaired) electrons. The SMILES string of the molecule is CCc1ccc(-c2csc(N3C(=O)[C@@H]4[C@@H](C3=O)[C@H]3CC[C@H]4C3=C(C)C)n2)cc1. The molecular weight excluding hydrogens is 368 g/mol. The Bertz CT molecular complexity index is 968. The molecule has 4 nitrogen and oxygen atoms in total. The van der Waals surface area contributed by atoms with Gasteiger partial charge in [0, 0.05) is 10.9 Å². The summed E-state index contributed by atoms with van der Waals surface area (Å²) < 4.78 is 0. The van der Waals surface area contributed by atoms with Crippen molar-refractivity contribution in [3.8, 4) is 11.3 Å². The molecule has 2 bridgehead atoms. The first-order valence-electron chi connectivity index (χ1n) is 10.1. The summed E-state index contributed by atoms with van der Waals surface area (Å²) in [5.41, 5.74) is 5.80. The van der Waals surface area contributed by atoms with E-state index in [9.17, 15) is 9.59 Å². The Kier molecular flexibility index (Phi) is 4.05. The molecule has 3 aliphatic rings. The fourth-order valence-electron chi connectivity index (χ4n) is 5.59. The third-order valence-corrected chi connectivity index (χ3v) is 7.60. The first-order chi connectivity index (χ1) is 13.5. The van der Waals surface area contributed by atoms with Crippen LogP contribution < -0.4 is 4.90 Å². The van der Waals surface area contributed by atoms with Gasteiger partial charge in [-0.05, 0) is 50.5 Å². The molecule has 0 N–H and O–H groups in total. The minimum Gasteiger partial charge on any atom is -0.274 e. The van der Waals surface area contributed by atoms with E-state index in [1.165, 1.54) is 32.9 Å². The molecule has 2 aromatic rings. The van der Waals surface area contributed by atoms with Gasteiger partial charge >= 0.3 is 0 Å². The average molecular weight is 393 g/mol. The molecule has 2 saturated carbocycles. The van der Waals surface area contributed by atoms with Gasteiger partial charge < -0.3 is 0 Å². The molecule has 144 valence electrons. The van der Waals surface area contributed by atoms with Crippen LogP contribution in [-0.2, 0) is 16.0 Å². The van der Waals surface area contributed by atoms with Crippen LogP contribution in [0.3, 0.4) is 0 Å². The van der Waals surface area contributed by atoms with Gasteiger partial charge in [0.2, 0.25) is 11.8 Å². The average Bonchev–Trinajstić information content (AvgIpc) is 3.44. The first kappa shape index (κ1) is 17.8. The monoisotopic (exact) mass is 392 g/mol. The van der Waals surface area contributed by atoms with E-state index in [-0.39, 0.29) is 35.5 Å². The lowest BCUT2D eigenvalue weighted by molar-refractivity contribution is -0.123. The van der Waals surface area contributed by atoms with Gasteiger partial charge in [-0.15, -0.1) is 11.3 Å². The number of rotatable bonds is 3. The maximum absolute atomic E-state index is 13.2. The summed E-state index contributed by atoms with van der Waals surface area (Å²) in [6.07, 6.45) is 3.07. The third-order valence-electron chi connectivity index (χ3n) is 6.77. The maximum Gasteiger partial charge on any atom is 0.240 e. The summed E-state index contributed by atoms with van der Waals surface area (Å²) in [6.45, 7) is 6.36. The number of allylic oxidation sites excluding steroid dienone is 2. The van der Waals surface area contributed by atoms with Crippen LogP contribution in [0.4, 0.5) is 5.13 Å². The van der Waals surface area contributed by atoms with Crippen molar-refractivity contribution in [3.05, 3.63) is 46.4 Å². The van der Waals surface area contributed by atoms with Gasteiger partial charge in [-0.1, -0.05) is 42.3 Å². The van der Waals surface area contributed by atoms with Gasteiger partial charge in [0.05, 0.1) is 17.5 Å². The molecule has 1 aromatic heterocycles. The number of carbonyl (C=O) groups is 2. The second-order valence-corrected chi connectivity index (χ2v) is 9.21. The van der Waals surface area contributed by atoms with Crippen molar-refractivity contribution in [2.45, 2.75) is 40.0 Å². The molecular formula is C23H24N2O2S. The Morgan fingerprint density at radius 3 is 2.21 bits per heavy atom. The van der Waals surface area contributed by atoms with Crippen molar-refractivity contribution >= 4 is 28.3 Å². The van der Waals surface area contributed by atoms with Crippen LogP contribution in [0.2, 0.25) is 0 Å². The Hall–Kier alpha value is -2.27. The predicted octanol–water partition coefficient (Wildman–Crippen LogP) is 4.85. The Morgan fingerprint density at radius 2 is 1.68 bits per heavy atom. The van der Waals surface area contributed by atoms with Crippen LogP contribution >= 0.6 is 11.3 Å². The number of carbonyl (C=O) groups excluding carboxylic acids is 2. The lowest BCUT2D eigenvalue weighted by Gasteiger charge is -2.18. The van der Waals surface area contributed by atoms with Crippen molar-refractivity contribution in [2.75, 3.05) is 4.90 Å². The molecule has 5 rings (SSSR count). The summed E-state index contributed by atoms with van der Waals surface area (Å²) >= 11 is 1.39. The molecule has 5 heteroatoms. The van der Waals surface area contributed by atoms with E-state index in [0.29, 0.717) is 5.13 Å². The lowest BCUT2D eigenvalue weighted by atomic mass is 9.81. The number of aromatic nitrogens is 1. The molecule has 2 aliphatic carbocycles. The van der Waals surface area contributed by atoms with E-state index < -0.39 is 0 Å². The maximum atomic E-state index is 13.2. The second kappa shape index (κ2) is 6.38. The molecule has 2 heterocycles. The molecule has 2 amide bonds. The number of imide groups is 1. The van der Waals surface area contributed by atoms with Crippen molar-refractivity contribution in [2.24, 2.45) is 23.7 Å². The first-order valence-corrected chi connectivity index (χ1v) is 11.0. The van der Waals surface area contributed by atoms with Crippen molar-refractivity contribution in [3.63, 3.8) is 0 Å². The molecule has 28 heavy (non-hydrogen) atoms. The molecule has 3 fully saturated rings. The van der Waals surface area contributed by atoms with Gasteiger partial charge in [-0.25, -0.2) is 9.88 Å². The van der Waals surface area contributed by atoms with Crippen LogP contribution in [0.25, 0.3) is 11.3 Å². The Balaban J connectivity index is 1.46. The number of anilines is 1. The zero-order valence-electron chi connectivity index (χ0n) is 16.4. The lowest BCUT2D eigenvalue weighted by Crippen LogP contribution is -2.33. The van der Waals surface area contributed by atoms with Gasteiger partial charge in [0.15, 0.2) is 5.13 Å². The number of hydrogen-bond acceptors (Lipinski definition) is 4. The Labute approximate surface area is 169 Å². The zero-order chi connectivity index (χ0) is 19.6. The molecule has 1 aliphatic heterocycles. The summed E-state index contributed by atoms with van der Waals surface area (Å²) in [4.78, 5) is 32.5. The predicted molar refractivity (Wildman–Crippen MR) is 111 cm³/mol. The van der Waals surface area contributed by atoms with Gasteiger partial charge in [-0.3, -0.25) is 9.59 Å². The number of hydrogen-bond donors (Lipinski definition) is 0. The van der Waals surface area contributed by atoms with E-state index in [4.69, 9.17) is 0 Å². The molecule has 1 saturated heterocycles. The minimum atomic E-state index is -0.174. The largest absolute Gasteiger partial charge is 0.274 e. The number of benzene rings is 1. The highest BCUT2D eigenvalue weighted by atomic mass is 32.1. The van der Waals surface area contributed by atoms with E-state index in [1.807, 2.05) is 5.38 Å². The van der Waals surface area contributed by atoms with Crippen molar-refractivity contribution in [1.82, 2.24) is 4.98 Å². The quantitative estimate of drug-likeness (QED) is 0.554. The van der Waals surface area contributed by atoms with E-state index in [1.54, 1.807) is 0 Å². The van der Waals surface area contributed by atoms with Crippen LogP contribution in [-0.4, -0.2) is 16.8 Å². The number of thiazole rings is 1. The van der Waals surface area contributed by atoms with Crippen molar-refractivity contribution < 1.29 is 9.59 Å². The number of nitrogens with zero attached hydrogens (tertiary/aromatic N) is 2. The number of aryl methyl sites for hydroxylation is 1. The zero-order valence-corrected chi connectivity index (χ0v) is 17.3. The van der Waals surface area contributed by atoms with Crippen LogP contribution in [0.15, 0.2) is 40.8 Å². The molecule has 0 spiro atoms. The van der Waals surface area contributed by atoms with Crippen LogP contribution in [0, 0.1) is 23.7 Å². The summed E-state index contributed by atoms with van der Waals surface area (Å²) in [6, 6.07) is 8.32. The third kappa shape index (κ3) is 2.38. The van der Waals surface area contributed by atoms with Gasteiger partial charge in [-0.2, -0.15) is 0 Å². The highest BCUT2D eigenvalue weighted by molar-refractivity contribution is 7.14. The number of fused-ring (bicyclic) bond motifs is 5. The smallest absolute Gasteiger partial charge is 0.240 e. The normalized spacial score (nSPS) is 28.4. The standard InChI is InChI=1S/C23H24N2O2S/c1-4-13-5-7-14(8-6-13)17-11-28-23(24-17)25-21(26)19-15-9-10-16(18(15)12(2)3)20(19)22(25)27/h5-8,11,15-16,19-20H,4,9-10H2,1-3H3/t15-,16-,19-,20-/m0/s1. The minimum absolute atomic E-state index is 0.0387. The van der Waals surface area contributed by atoms with E-state index in [0.717, 1.165) is 30.5 Å². The fraction of sp³-hybridized carbons (Fsp3) is 0.435. The van der Waals surface area contributed by atoms with Gasteiger partial charge in [0.25, 0.3) is 0 Å². The van der Waals surface area contributed by atoms with Crippen LogP contribution in [0.5, 0.6) is 0 Å². The van der Waals surface area contributed by atoms with Crippen molar-refractivity contribution in [1.29, 1.82) is 0 Å². The van der Waals surface area contributed by atoms with Gasteiger partial charge in [0.1, 0.15) is 0 Å². The summed E-state index contributed by atoms with van der Waals surface area (Å²) in [5, 5.41) is 2.47. The van der Waals surface area contributed by atoms with Crippen LogP contribution in [0.1, 0.15) is 39.2 Å². The topological polar surface area (TPSA) is 50.3 Å².